The first-order chi connectivity index (χ1) is 9.26. The zero-order chi connectivity index (χ0) is 13.2. The number of aromatic nitrogens is 1. The van der Waals surface area contributed by atoms with Crippen LogP contribution in [0.2, 0.25) is 5.02 Å². The Hall–Kier alpha value is -2.33. The first kappa shape index (κ1) is 11.7. The van der Waals surface area contributed by atoms with Gasteiger partial charge in [-0.2, -0.15) is 0 Å². The van der Waals surface area contributed by atoms with Gasteiger partial charge in [0.2, 0.25) is 5.89 Å². The van der Waals surface area contributed by atoms with Crippen molar-refractivity contribution < 1.29 is 9.62 Å². The molecule has 94 valence electrons. The number of oxime groups is 1. The second kappa shape index (κ2) is 4.74. The van der Waals surface area contributed by atoms with Crippen molar-refractivity contribution in [1.82, 2.24) is 4.98 Å². The van der Waals surface area contributed by atoms with Gasteiger partial charge in [-0.05, 0) is 35.9 Å². The molecule has 3 aromatic rings. The molecule has 1 heterocycles. The number of benzene rings is 2. The maximum absolute atomic E-state index is 8.45. The SMILES string of the molecule is O/N=C\c1ccc(-c2nc3cc(Cl)ccc3o2)cc1. The van der Waals surface area contributed by atoms with Crippen LogP contribution >= 0.6 is 11.6 Å². The van der Waals surface area contributed by atoms with Gasteiger partial charge in [0.15, 0.2) is 5.58 Å². The van der Waals surface area contributed by atoms with E-state index in [1.165, 1.54) is 6.21 Å². The molecule has 0 atom stereocenters. The highest BCUT2D eigenvalue weighted by Gasteiger charge is 2.08. The third-order valence-corrected chi connectivity index (χ3v) is 2.95. The minimum absolute atomic E-state index is 0.532. The van der Waals surface area contributed by atoms with E-state index in [1.807, 2.05) is 24.3 Å². The van der Waals surface area contributed by atoms with Gasteiger partial charge in [-0.25, -0.2) is 4.98 Å². The first-order valence-corrected chi connectivity index (χ1v) is 5.98. The molecule has 0 spiro atoms. The van der Waals surface area contributed by atoms with Crippen molar-refractivity contribution in [3.05, 3.63) is 53.1 Å². The summed E-state index contributed by atoms with van der Waals surface area (Å²) in [6.45, 7) is 0. The van der Waals surface area contributed by atoms with E-state index in [4.69, 9.17) is 21.2 Å². The lowest BCUT2D eigenvalue weighted by molar-refractivity contribution is 0.322. The number of oxazole rings is 1. The highest BCUT2D eigenvalue weighted by atomic mass is 35.5. The van der Waals surface area contributed by atoms with Gasteiger partial charge in [0.1, 0.15) is 5.52 Å². The summed E-state index contributed by atoms with van der Waals surface area (Å²) in [7, 11) is 0. The van der Waals surface area contributed by atoms with Crippen LogP contribution in [-0.4, -0.2) is 16.4 Å². The largest absolute Gasteiger partial charge is 0.436 e. The summed E-state index contributed by atoms with van der Waals surface area (Å²) in [6.07, 6.45) is 1.36. The van der Waals surface area contributed by atoms with Crippen molar-refractivity contribution in [3.63, 3.8) is 0 Å². The van der Waals surface area contributed by atoms with E-state index in [0.29, 0.717) is 16.5 Å². The van der Waals surface area contributed by atoms with E-state index in [-0.39, 0.29) is 0 Å². The maximum Gasteiger partial charge on any atom is 0.227 e. The molecule has 0 bridgehead atoms. The predicted molar refractivity (Wildman–Crippen MR) is 73.8 cm³/mol. The summed E-state index contributed by atoms with van der Waals surface area (Å²) in [5.74, 6) is 0.532. The number of rotatable bonds is 2. The summed E-state index contributed by atoms with van der Waals surface area (Å²) in [4.78, 5) is 4.39. The molecular formula is C14H9ClN2O2. The van der Waals surface area contributed by atoms with Crippen LogP contribution in [0.15, 0.2) is 52.0 Å². The fraction of sp³-hybridized carbons (Fsp3) is 0. The predicted octanol–water partition coefficient (Wildman–Crippen LogP) is 3.96. The minimum Gasteiger partial charge on any atom is -0.436 e. The fourth-order valence-electron chi connectivity index (χ4n) is 1.80. The lowest BCUT2D eigenvalue weighted by Crippen LogP contribution is -1.82. The van der Waals surface area contributed by atoms with Crippen molar-refractivity contribution in [2.45, 2.75) is 0 Å². The topological polar surface area (TPSA) is 58.6 Å². The van der Waals surface area contributed by atoms with Crippen LogP contribution in [0.1, 0.15) is 5.56 Å². The molecule has 2 aromatic carbocycles. The van der Waals surface area contributed by atoms with Crippen LogP contribution in [0.4, 0.5) is 0 Å². The highest BCUT2D eigenvalue weighted by molar-refractivity contribution is 6.31. The number of fused-ring (bicyclic) bond motifs is 1. The molecule has 3 rings (SSSR count). The van der Waals surface area contributed by atoms with Crippen molar-refractivity contribution in [2.75, 3.05) is 0 Å². The smallest absolute Gasteiger partial charge is 0.227 e. The maximum atomic E-state index is 8.45. The lowest BCUT2D eigenvalue weighted by Gasteiger charge is -1.95. The average Bonchev–Trinajstić information content (AvgIpc) is 2.83. The molecule has 0 radical (unpaired) electrons. The molecule has 5 heteroatoms. The molecular weight excluding hydrogens is 264 g/mol. The van der Waals surface area contributed by atoms with Crippen LogP contribution in [0, 0.1) is 0 Å². The molecule has 4 nitrogen and oxygen atoms in total. The van der Waals surface area contributed by atoms with Gasteiger partial charge in [-0.15, -0.1) is 0 Å². The minimum atomic E-state index is 0.532. The third-order valence-electron chi connectivity index (χ3n) is 2.71. The van der Waals surface area contributed by atoms with Crippen molar-refractivity contribution in [1.29, 1.82) is 0 Å². The van der Waals surface area contributed by atoms with E-state index >= 15 is 0 Å². The first-order valence-electron chi connectivity index (χ1n) is 5.60. The lowest BCUT2D eigenvalue weighted by atomic mass is 10.1. The third kappa shape index (κ3) is 2.30. The molecule has 0 aliphatic carbocycles. The molecule has 1 aromatic heterocycles. The van der Waals surface area contributed by atoms with E-state index in [9.17, 15) is 0 Å². The quantitative estimate of drug-likeness (QED) is 0.436. The Kier molecular flexibility index (Phi) is 2.93. The van der Waals surface area contributed by atoms with Gasteiger partial charge in [-0.3, -0.25) is 0 Å². The Morgan fingerprint density at radius 3 is 2.68 bits per heavy atom. The Balaban J connectivity index is 2.03. The normalized spacial score (nSPS) is 11.4. The molecule has 0 amide bonds. The summed E-state index contributed by atoms with van der Waals surface area (Å²) in [5.41, 5.74) is 3.07. The number of halogens is 1. The molecule has 19 heavy (non-hydrogen) atoms. The van der Waals surface area contributed by atoms with E-state index < -0.39 is 0 Å². The Morgan fingerprint density at radius 2 is 1.95 bits per heavy atom. The number of hydrogen-bond donors (Lipinski definition) is 1. The Bertz CT molecular complexity index is 748. The molecule has 1 N–H and O–H groups in total. The van der Waals surface area contributed by atoms with Crippen molar-refractivity contribution in [2.24, 2.45) is 5.16 Å². The summed E-state index contributed by atoms with van der Waals surface area (Å²) in [5, 5.41) is 12.1. The van der Waals surface area contributed by atoms with Crippen molar-refractivity contribution in [3.8, 4) is 11.5 Å². The van der Waals surface area contributed by atoms with Crippen LogP contribution in [-0.2, 0) is 0 Å². The van der Waals surface area contributed by atoms with Gasteiger partial charge in [0.05, 0.1) is 6.21 Å². The van der Waals surface area contributed by atoms with Crippen LogP contribution in [0.25, 0.3) is 22.6 Å². The fourth-order valence-corrected chi connectivity index (χ4v) is 1.97. The molecule has 0 aliphatic rings. The summed E-state index contributed by atoms with van der Waals surface area (Å²) in [6, 6.07) is 12.7. The number of hydrogen-bond acceptors (Lipinski definition) is 4. The van der Waals surface area contributed by atoms with Crippen LogP contribution in [0.3, 0.4) is 0 Å². The monoisotopic (exact) mass is 272 g/mol. The summed E-state index contributed by atoms with van der Waals surface area (Å²) < 4.78 is 5.66. The van der Waals surface area contributed by atoms with Crippen molar-refractivity contribution >= 4 is 28.9 Å². The Labute approximate surface area is 113 Å². The van der Waals surface area contributed by atoms with Crippen LogP contribution in [0.5, 0.6) is 0 Å². The molecule has 0 saturated heterocycles. The zero-order valence-electron chi connectivity index (χ0n) is 9.75. The molecule has 0 unspecified atom stereocenters. The van der Waals surface area contributed by atoms with Crippen LogP contribution < -0.4 is 0 Å². The zero-order valence-corrected chi connectivity index (χ0v) is 10.5. The van der Waals surface area contributed by atoms with E-state index in [0.717, 1.165) is 16.6 Å². The van der Waals surface area contributed by atoms with Gasteiger partial charge in [-0.1, -0.05) is 28.9 Å². The van der Waals surface area contributed by atoms with Gasteiger partial charge in [0.25, 0.3) is 0 Å². The van der Waals surface area contributed by atoms with Gasteiger partial charge < -0.3 is 9.62 Å². The highest BCUT2D eigenvalue weighted by Crippen LogP contribution is 2.26. The molecule has 0 aliphatic heterocycles. The summed E-state index contributed by atoms with van der Waals surface area (Å²) >= 11 is 5.91. The standard InChI is InChI=1S/C14H9ClN2O2/c15-11-5-6-13-12(7-11)17-14(19-13)10-3-1-9(2-4-10)8-16-18/h1-8,18H/b16-8-. The average molecular weight is 273 g/mol. The van der Waals surface area contributed by atoms with E-state index in [1.54, 1.807) is 18.2 Å². The molecule has 0 fully saturated rings. The second-order valence-corrected chi connectivity index (χ2v) is 4.43. The Morgan fingerprint density at radius 1 is 1.16 bits per heavy atom. The second-order valence-electron chi connectivity index (χ2n) is 4.00. The molecule has 0 saturated carbocycles. The van der Waals surface area contributed by atoms with Gasteiger partial charge in [0, 0.05) is 10.6 Å². The number of nitrogens with zero attached hydrogens (tertiary/aromatic N) is 2. The van der Waals surface area contributed by atoms with Gasteiger partial charge >= 0.3 is 0 Å². The van der Waals surface area contributed by atoms with E-state index in [2.05, 4.69) is 10.1 Å².